The summed E-state index contributed by atoms with van der Waals surface area (Å²) >= 11 is 5.87. The number of terminal acetylenes is 1. The summed E-state index contributed by atoms with van der Waals surface area (Å²) in [5.41, 5.74) is 2.14. The number of hydrogen-bond donors (Lipinski definition) is 0. The van der Waals surface area contributed by atoms with Gasteiger partial charge in [0.2, 0.25) is 0 Å². The van der Waals surface area contributed by atoms with Gasteiger partial charge in [0, 0.05) is 5.02 Å². The largest absolute Gasteiger partial charge is 0.493 e. The molecule has 0 amide bonds. The predicted octanol–water partition coefficient (Wildman–Crippen LogP) is 4.42. The van der Waals surface area contributed by atoms with E-state index in [4.69, 9.17) is 27.5 Å². The summed E-state index contributed by atoms with van der Waals surface area (Å²) in [7, 11) is 1.55. The van der Waals surface area contributed by atoms with Gasteiger partial charge < -0.3 is 9.47 Å². The van der Waals surface area contributed by atoms with Crippen LogP contribution in [-0.4, -0.2) is 13.7 Å². The van der Waals surface area contributed by atoms with Gasteiger partial charge in [-0.2, -0.15) is 5.26 Å². The number of benzene rings is 2. The van der Waals surface area contributed by atoms with Crippen molar-refractivity contribution in [3.05, 3.63) is 58.6 Å². The van der Waals surface area contributed by atoms with Crippen LogP contribution in [0.2, 0.25) is 5.02 Å². The Labute approximate surface area is 140 Å². The zero-order chi connectivity index (χ0) is 16.7. The van der Waals surface area contributed by atoms with Crippen LogP contribution in [0.25, 0.3) is 11.6 Å². The van der Waals surface area contributed by atoms with Crippen molar-refractivity contribution in [3.8, 4) is 29.9 Å². The quantitative estimate of drug-likeness (QED) is 0.464. The second-order valence-corrected chi connectivity index (χ2v) is 5.02. The van der Waals surface area contributed by atoms with Crippen LogP contribution in [0.5, 0.6) is 11.5 Å². The molecule has 0 radical (unpaired) electrons. The van der Waals surface area contributed by atoms with E-state index in [0.29, 0.717) is 22.1 Å². The molecule has 0 atom stereocenters. The average Bonchev–Trinajstić information content (AvgIpc) is 2.59. The number of nitriles is 1. The van der Waals surface area contributed by atoms with Crippen LogP contribution in [-0.2, 0) is 0 Å². The van der Waals surface area contributed by atoms with Crippen LogP contribution >= 0.6 is 11.6 Å². The number of ether oxygens (including phenoxy) is 2. The summed E-state index contributed by atoms with van der Waals surface area (Å²) in [6.07, 6.45) is 6.96. The lowest BCUT2D eigenvalue weighted by Gasteiger charge is -2.09. The molecule has 0 aromatic heterocycles. The standard InChI is InChI=1S/C19H14ClNO2/c1-3-10-23-18-9-4-14(12-19(18)22-2)11-16(13-21)15-5-7-17(20)8-6-15/h1,4-9,11-12H,10H2,2H3/b16-11+. The second kappa shape index (κ2) is 7.94. The van der Waals surface area contributed by atoms with E-state index in [1.54, 1.807) is 49.6 Å². The van der Waals surface area contributed by atoms with E-state index in [0.717, 1.165) is 11.1 Å². The van der Waals surface area contributed by atoms with E-state index in [1.807, 2.05) is 6.07 Å². The van der Waals surface area contributed by atoms with E-state index in [2.05, 4.69) is 12.0 Å². The first kappa shape index (κ1) is 16.5. The van der Waals surface area contributed by atoms with Gasteiger partial charge in [0.1, 0.15) is 6.61 Å². The lowest BCUT2D eigenvalue weighted by molar-refractivity contribution is 0.331. The van der Waals surface area contributed by atoms with Crippen LogP contribution in [0.15, 0.2) is 42.5 Å². The molecule has 114 valence electrons. The predicted molar refractivity (Wildman–Crippen MR) is 92.3 cm³/mol. The Morgan fingerprint density at radius 2 is 1.96 bits per heavy atom. The molecule has 0 spiro atoms. The average molecular weight is 324 g/mol. The number of methoxy groups -OCH3 is 1. The molecular formula is C19H14ClNO2. The fourth-order valence-electron chi connectivity index (χ4n) is 1.99. The second-order valence-electron chi connectivity index (χ2n) is 4.58. The fraction of sp³-hybridized carbons (Fsp3) is 0.105. The Bertz CT molecular complexity index is 796. The van der Waals surface area contributed by atoms with Gasteiger partial charge >= 0.3 is 0 Å². The first-order valence-corrected chi connectivity index (χ1v) is 7.17. The highest BCUT2D eigenvalue weighted by atomic mass is 35.5. The molecule has 2 aromatic carbocycles. The summed E-state index contributed by atoms with van der Waals surface area (Å²) in [5.74, 6) is 3.53. The zero-order valence-electron chi connectivity index (χ0n) is 12.5. The molecule has 0 heterocycles. The third-order valence-electron chi connectivity index (χ3n) is 3.09. The van der Waals surface area contributed by atoms with E-state index in [9.17, 15) is 5.26 Å². The number of allylic oxidation sites excluding steroid dienone is 1. The molecule has 23 heavy (non-hydrogen) atoms. The lowest BCUT2D eigenvalue weighted by Crippen LogP contribution is -1.96. The van der Waals surface area contributed by atoms with Gasteiger partial charge in [0.15, 0.2) is 11.5 Å². The summed E-state index contributed by atoms with van der Waals surface area (Å²) in [5, 5.41) is 10.0. The molecule has 0 saturated heterocycles. The molecule has 0 aliphatic rings. The van der Waals surface area contributed by atoms with Crippen LogP contribution in [0.4, 0.5) is 0 Å². The van der Waals surface area contributed by atoms with Crippen molar-refractivity contribution in [2.24, 2.45) is 0 Å². The Morgan fingerprint density at radius 1 is 1.22 bits per heavy atom. The summed E-state index contributed by atoms with van der Waals surface area (Å²) < 4.78 is 10.7. The molecule has 2 rings (SSSR count). The van der Waals surface area contributed by atoms with Crippen LogP contribution < -0.4 is 9.47 Å². The number of hydrogen-bond acceptors (Lipinski definition) is 3. The molecule has 2 aromatic rings. The van der Waals surface area contributed by atoms with E-state index >= 15 is 0 Å². The Hall–Kier alpha value is -2.88. The molecule has 0 N–H and O–H groups in total. The van der Waals surface area contributed by atoms with E-state index in [1.165, 1.54) is 0 Å². The van der Waals surface area contributed by atoms with Crippen molar-refractivity contribution in [2.75, 3.05) is 13.7 Å². The molecule has 3 nitrogen and oxygen atoms in total. The van der Waals surface area contributed by atoms with Crippen molar-refractivity contribution in [2.45, 2.75) is 0 Å². The SMILES string of the molecule is C#CCOc1ccc(/C=C(\C#N)c2ccc(Cl)cc2)cc1OC. The van der Waals surface area contributed by atoms with Gasteiger partial charge in [-0.3, -0.25) is 0 Å². The van der Waals surface area contributed by atoms with Crippen molar-refractivity contribution in [1.82, 2.24) is 0 Å². The topological polar surface area (TPSA) is 42.2 Å². The molecular weight excluding hydrogens is 310 g/mol. The molecule has 0 fully saturated rings. The Kier molecular flexibility index (Phi) is 5.69. The maximum absolute atomic E-state index is 9.38. The zero-order valence-corrected chi connectivity index (χ0v) is 13.3. The van der Waals surface area contributed by atoms with E-state index < -0.39 is 0 Å². The molecule has 0 aliphatic heterocycles. The van der Waals surface area contributed by atoms with E-state index in [-0.39, 0.29) is 6.61 Å². The van der Waals surface area contributed by atoms with Gasteiger partial charge in [-0.1, -0.05) is 35.7 Å². The summed E-state index contributed by atoms with van der Waals surface area (Å²) in [6.45, 7) is 0.166. The minimum atomic E-state index is 0.166. The van der Waals surface area contributed by atoms with Crippen LogP contribution in [0, 0.1) is 23.7 Å². The Morgan fingerprint density at radius 3 is 2.57 bits per heavy atom. The monoisotopic (exact) mass is 323 g/mol. The minimum absolute atomic E-state index is 0.166. The normalized spacial score (nSPS) is 10.5. The Balaban J connectivity index is 2.35. The number of rotatable bonds is 5. The molecule has 0 bridgehead atoms. The smallest absolute Gasteiger partial charge is 0.162 e. The van der Waals surface area contributed by atoms with Crippen molar-refractivity contribution in [1.29, 1.82) is 5.26 Å². The number of nitrogens with zero attached hydrogens (tertiary/aromatic N) is 1. The lowest BCUT2D eigenvalue weighted by atomic mass is 10.0. The highest BCUT2D eigenvalue weighted by Crippen LogP contribution is 2.30. The van der Waals surface area contributed by atoms with Crippen LogP contribution in [0.1, 0.15) is 11.1 Å². The highest BCUT2D eigenvalue weighted by Gasteiger charge is 2.06. The molecule has 4 heteroatoms. The molecule has 0 aliphatic carbocycles. The minimum Gasteiger partial charge on any atom is -0.493 e. The van der Waals surface area contributed by atoms with Gasteiger partial charge in [0.25, 0.3) is 0 Å². The maximum atomic E-state index is 9.38. The van der Waals surface area contributed by atoms with Gasteiger partial charge in [-0.05, 0) is 41.5 Å². The maximum Gasteiger partial charge on any atom is 0.162 e. The van der Waals surface area contributed by atoms with Gasteiger partial charge in [-0.15, -0.1) is 6.42 Å². The highest BCUT2D eigenvalue weighted by molar-refractivity contribution is 6.30. The third-order valence-corrected chi connectivity index (χ3v) is 3.34. The van der Waals surface area contributed by atoms with Crippen molar-refractivity contribution < 1.29 is 9.47 Å². The van der Waals surface area contributed by atoms with Crippen LogP contribution in [0.3, 0.4) is 0 Å². The summed E-state index contributed by atoms with van der Waals surface area (Å²) in [4.78, 5) is 0. The first-order valence-electron chi connectivity index (χ1n) is 6.80. The number of halogens is 1. The summed E-state index contributed by atoms with van der Waals surface area (Å²) in [6, 6.07) is 14.7. The van der Waals surface area contributed by atoms with Gasteiger partial charge in [-0.25, -0.2) is 0 Å². The molecule has 0 unspecified atom stereocenters. The van der Waals surface area contributed by atoms with Crippen molar-refractivity contribution >= 4 is 23.3 Å². The van der Waals surface area contributed by atoms with Gasteiger partial charge in [0.05, 0.1) is 18.8 Å². The van der Waals surface area contributed by atoms with Crippen molar-refractivity contribution in [3.63, 3.8) is 0 Å². The first-order chi connectivity index (χ1) is 11.2. The fourth-order valence-corrected chi connectivity index (χ4v) is 2.11. The third kappa shape index (κ3) is 4.30. The molecule has 0 saturated carbocycles.